The average molecular weight is 485 g/mol. The van der Waals surface area contributed by atoms with E-state index < -0.39 is 11.7 Å². The number of aromatic nitrogens is 3. The number of alkyl halides is 3. The Morgan fingerprint density at radius 1 is 1.06 bits per heavy atom. The minimum atomic E-state index is -4.63. The van der Waals surface area contributed by atoms with Gasteiger partial charge in [0.1, 0.15) is 17.6 Å². The van der Waals surface area contributed by atoms with Crippen LogP contribution in [0.5, 0.6) is 0 Å². The van der Waals surface area contributed by atoms with Crippen molar-refractivity contribution in [1.29, 1.82) is 0 Å². The molecule has 11 nitrogen and oxygen atoms in total. The summed E-state index contributed by atoms with van der Waals surface area (Å²) in [6, 6.07) is 0.379. The molecule has 4 heterocycles. The number of anilines is 4. The van der Waals surface area contributed by atoms with Crippen LogP contribution in [0.25, 0.3) is 0 Å². The summed E-state index contributed by atoms with van der Waals surface area (Å²) in [6.07, 6.45) is -1.81. The number of rotatable bonds is 8. The number of nitrogens with zero attached hydrogens (tertiary/aromatic N) is 5. The van der Waals surface area contributed by atoms with E-state index in [9.17, 15) is 18.0 Å². The number of nitrogens with one attached hydrogen (secondary N) is 2. The van der Waals surface area contributed by atoms with E-state index in [2.05, 4.69) is 25.6 Å². The normalized spacial score (nSPS) is 17.6. The van der Waals surface area contributed by atoms with Crippen molar-refractivity contribution in [3.8, 4) is 0 Å². The molecule has 2 aromatic heterocycles. The number of amides is 1. The van der Waals surface area contributed by atoms with Crippen LogP contribution in [0.4, 0.5) is 36.8 Å². The smallest absolute Gasteiger partial charge is 0.421 e. The van der Waals surface area contributed by atoms with E-state index in [1.54, 1.807) is 4.90 Å². The van der Waals surface area contributed by atoms with Gasteiger partial charge in [0.2, 0.25) is 11.9 Å². The largest absolute Gasteiger partial charge is 0.430 e. The summed E-state index contributed by atoms with van der Waals surface area (Å²) in [5, 5.41) is 5.50. The highest BCUT2D eigenvalue weighted by molar-refractivity contribution is 5.76. The quantitative estimate of drug-likeness (QED) is 0.539. The monoisotopic (exact) mass is 485 g/mol. The van der Waals surface area contributed by atoms with Crippen molar-refractivity contribution in [3.63, 3.8) is 0 Å². The highest BCUT2D eigenvalue weighted by Gasteiger charge is 2.35. The van der Waals surface area contributed by atoms with Crippen molar-refractivity contribution in [2.75, 3.05) is 74.7 Å². The second-order valence-corrected chi connectivity index (χ2v) is 7.72. The number of carbonyl (C=O) groups is 1. The topological polar surface area (TPSA) is 118 Å². The molecule has 2 fully saturated rings. The lowest BCUT2D eigenvalue weighted by atomic mass is 10.3. The lowest BCUT2D eigenvalue weighted by Crippen LogP contribution is -2.36. The first-order valence-electron chi connectivity index (χ1n) is 11.0. The minimum absolute atomic E-state index is 0.0222. The molecule has 0 bridgehead atoms. The molecule has 0 saturated carbocycles. The Hall–Kier alpha value is -3.13. The molecule has 0 aliphatic carbocycles. The van der Waals surface area contributed by atoms with E-state index in [1.807, 2.05) is 4.90 Å². The number of halogens is 3. The highest BCUT2D eigenvalue weighted by atomic mass is 19.4. The van der Waals surface area contributed by atoms with E-state index in [0.29, 0.717) is 71.5 Å². The van der Waals surface area contributed by atoms with Gasteiger partial charge in [-0.05, 0) is 6.42 Å². The summed E-state index contributed by atoms with van der Waals surface area (Å²) in [4.78, 5) is 27.6. The predicted molar refractivity (Wildman–Crippen MR) is 115 cm³/mol. The van der Waals surface area contributed by atoms with Crippen molar-refractivity contribution in [1.82, 2.24) is 19.9 Å². The van der Waals surface area contributed by atoms with Crippen molar-refractivity contribution >= 4 is 29.5 Å². The van der Waals surface area contributed by atoms with Gasteiger partial charge in [-0.25, -0.2) is 4.98 Å². The fourth-order valence-corrected chi connectivity index (χ4v) is 3.55. The molecule has 2 saturated heterocycles. The molecule has 0 aromatic carbocycles. The van der Waals surface area contributed by atoms with Crippen LogP contribution in [-0.4, -0.2) is 84.9 Å². The SMILES string of the molecule is O=C1CCOCCN1CCCNc1nc(Nc2coc(N3CCOCC3)n2)ncc1C(F)(F)F. The van der Waals surface area contributed by atoms with Gasteiger partial charge in [0.15, 0.2) is 5.82 Å². The van der Waals surface area contributed by atoms with Crippen LogP contribution < -0.4 is 15.5 Å². The molecule has 2 N–H and O–H groups in total. The third-order valence-corrected chi connectivity index (χ3v) is 5.32. The Kier molecular flexibility index (Phi) is 7.67. The zero-order valence-electron chi connectivity index (χ0n) is 18.4. The third kappa shape index (κ3) is 6.26. The van der Waals surface area contributed by atoms with E-state index in [4.69, 9.17) is 13.9 Å². The number of carbonyl (C=O) groups excluding carboxylic acids is 1. The molecule has 2 aliphatic heterocycles. The first-order valence-corrected chi connectivity index (χ1v) is 11.0. The van der Waals surface area contributed by atoms with Gasteiger partial charge in [-0.3, -0.25) is 4.79 Å². The van der Waals surface area contributed by atoms with Gasteiger partial charge in [0, 0.05) is 38.9 Å². The summed E-state index contributed by atoms with van der Waals surface area (Å²) in [5.74, 6) is -0.162. The summed E-state index contributed by atoms with van der Waals surface area (Å²) in [6.45, 7) is 4.28. The van der Waals surface area contributed by atoms with Crippen molar-refractivity contribution in [3.05, 3.63) is 18.0 Å². The Bertz CT molecular complexity index is 966. The van der Waals surface area contributed by atoms with Crippen LogP contribution in [0.15, 0.2) is 16.9 Å². The molecular weight excluding hydrogens is 459 g/mol. The maximum Gasteiger partial charge on any atom is 0.421 e. The first-order chi connectivity index (χ1) is 16.4. The summed E-state index contributed by atoms with van der Waals surface area (Å²) >= 11 is 0. The van der Waals surface area contributed by atoms with E-state index in [0.717, 1.165) is 6.20 Å². The molecule has 2 aromatic rings. The Morgan fingerprint density at radius 2 is 1.82 bits per heavy atom. The van der Waals surface area contributed by atoms with Gasteiger partial charge < -0.3 is 34.3 Å². The second kappa shape index (κ2) is 10.9. The average Bonchev–Trinajstić information content (AvgIpc) is 3.18. The van der Waals surface area contributed by atoms with Gasteiger partial charge in [-0.1, -0.05) is 0 Å². The van der Waals surface area contributed by atoms with Crippen molar-refractivity contribution in [2.24, 2.45) is 0 Å². The van der Waals surface area contributed by atoms with Crippen molar-refractivity contribution in [2.45, 2.75) is 19.0 Å². The van der Waals surface area contributed by atoms with Gasteiger partial charge in [0.05, 0.1) is 32.8 Å². The predicted octanol–water partition coefficient (Wildman–Crippen LogP) is 2.11. The highest BCUT2D eigenvalue weighted by Crippen LogP contribution is 2.34. The minimum Gasteiger partial charge on any atom is -0.430 e. The lowest BCUT2D eigenvalue weighted by molar-refractivity contribution is -0.137. The second-order valence-electron chi connectivity index (χ2n) is 7.72. The zero-order valence-corrected chi connectivity index (χ0v) is 18.4. The standard InChI is InChI=1S/C20H26F3N7O4/c21-20(22,23)14-12-25-18(26-15-13-34-19(27-15)30-6-10-33-11-7-30)28-17(14)24-3-1-4-29-5-9-32-8-2-16(29)31/h12-13H,1-11H2,(H2,24,25,26,28). The van der Waals surface area contributed by atoms with E-state index in [-0.39, 0.29) is 30.0 Å². The number of morpholine rings is 1. The van der Waals surface area contributed by atoms with Crippen LogP contribution >= 0.6 is 0 Å². The van der Waals surface area contributed by atoms with Crippen LogP contribution in [0.2, 0.25) is 0 Å². The maximum atomic E-state index is 13.5. The van der Waals surface area contributed by atoms with Crippen LogP contribution in [0, 0.1) is 0 Å². The third-order valence-electron chi connectivity index (χ3n) is 5.32. The van der Waals surface area contributed by atoms with Gasteiger partial charge in [-0.15, -0.1) is 0 Å². The number of hydrogen-bond donors (Lipinski definition) is 2. The van der Waals surface area contributed by atoms with Gasteiger partial charge in [0.25, 0.3) is 6.01 Å². The van der Waals surface area contributed by atoms with Crippen LogP contribution in [0.1, 0.15) is 18.4 Å². The first kappa shape index (κ1) is 24.0. The molecule has 1 amide bonds. The Balaban J connectivity index is 1.38. The number of ether oxygens (including phenoxy) is 2. The molecule has 0 radical (unpaired) electrons. The molecule has 0 spiro atoms. The number of hydrogen-bond acceptors (Lipinski definition) is 10. The summed E-state index contributed by atoms with van der Waals surface area (Å²) in [7, 11) is 0. The van der Waals surface area contributed by atoms with Crippen LogP contribution in [0.3, 0.4) is 0 Å². The zero-order chi connectivity index (χ0) is 24.0. The van der Waals surface area contributed by atoms with Gasteiger partial charge >= 0.3 is 6.18 Å². The molecule has 4 rings (SSSR count). The fourth-order valence-electron chi connectivity index (χ4n) is 3.55. The van der Waals surface area contributed by atoms with Crippen LogP contribution in [-0.2, 0) is 20.4 Å². The van der Waals surface area contributed by atoms with E-state index >= 15 is 0 Å². The molecular formula is C20H26F3N7O4. The summed E-state index contributed by atoms with van der Waals surface area (Å²) in [5.41, 5.74) is -0.980. The molecule has 186 valence electrons. The Labute approximate surface area is 193 Å². The Morgan fingerprint density at radius 3 is 2.62 bits per heavy atom. The molecule has 2 aliphatic rings. The lowest BCUT2D eigenvalue weighted by Gasteiger charge is -2.24. The summed E-state index contributed by atoms with van der Waals surface area (Å²) < 4.78 is 56.4. The molecule has 0 atom stereocenters. The fraction of sp³-hybridized carbons (Fsp3) is 0.600. The number of oxazole rings is 1. The van der Waals surface area contributed by atoms with Crippen molar-refractivity contribution < 1.29 is 31.9 Å². The maximum absolute atomic E-state index is 13.5. The molecule has 34 heavy (non-hydrogen) atoms. The van der Waals surface area contributed by atoms with E-state index in [1.165, 1.54) is 6.26 Å². The molecule has 14 heteroatoms. The molecule has 0 unspecified atom stereocenters. The van der Waals surface area contributed by atoms with Gasteiger partial charge in [-0.2, -0.15) is 23.1 Å².